The fourth-order valence-electron chi connectivity index (χ4n) is 2.73. The maximum absolute atomic E-state index is 12.4. The molecule has 2 amide bonds. The summed E-state index contributed by atoms with van der Waals surface area (Å²) in [5, 5.41) is 8.90. The van der Waals surface area contributed by atoms with Gasteiger partial charge in [0.1, 0.15) is 6.54 Å². The van der Waals surface area contributed by atoms with Gasteiger partial charge in [-0.25, -0.2) is 4.79 Å². The van der Waals surface area contributed by atoms with E-state index in [1.165, 1.54) is 11.3 Å². The van der Waals surface area contributed by atoms with E-state index in [9.17, 15) is 9.59 Å². The van der Waals surface area contributed by atoms with Gasteiger partial charge in [0.15, 0.2) is 0 Å². The lowest BCUT2D eigenvalue weighted by atomic mass is 9.86. The zero-order valence-corrected chi connectivity index (χ0v) is 12.4. The molecule has 1 N–H and O–H groups in total. The molecular formula is C14H26N2O3. The quantitative estimate of drug-likeness (QED) is 0.853. The molecule has 1 saturated carbocycles. The Labute approximate surface area is 115 Å². The van der Waals surface area contributed by atoms with E-state index in [4.69, 9.17) is 5.11 Å². The van der Waals surface area contributed by atoms with Gasteiger partial charge in [-0.15, -0.1) is 0 Å². The lowest BCUT2D eigenvalue weighted by Crippen LogP contribution is -2.51. The number of carbonyl (C=O) groups excluding carboxylic acids is 1. The van der Waals surface area contributed by atoms with Crippen LogP contribution in [0, 0.1) is 5.92 Å². The minimum Gasteiger partial charge on any atom is -0.480 e. The maximum atomic E-state index is 12.4. The Balaban J connectivity index is 2.69. The first-order valence-electron chi connectivity index (χ1n) is 7.08. The molecule has 1 aliphatic carbocycles. The number of aliphatic carboxylic acids is 1. The standard InChI is InChI=1S/C14H26N2O3/c1-10(2)16(9-13(17)18)14(19)15(4)12-7-5-6-11(3)8-12/h10-12H,5-9H2,1-4H3,(H,17,18). The Hall–Kier alpha value is -1.26. The molecule has 0 spiro atoms. The molecule has 0 aromatic carbocycles. The van der Waals surface area contributed by atoms with Crippen molar-refractivity contribution in [2.75, 3.05) is 13.6 Å². The Morgan fingerprint density at radius 1 is 1.32 bits per heavy atom. The lowest BCUT2D eigenvalue weighted by Gasteiger charge is -2.38. The number of urea groups is 1. The number of rotatable bonds is 4. The summed E-state index contributed by atoms with van der Waals surface area (Å²) in [6.45, 7) is 5.67. The first kappa shape index (κ1) is 15.8. The van der Waals surface area contributed by atoms with Crippen molar-refractivity contribution < 1.29 is 14.7 Å². The second-order valence-electron chi connectivity index (χ2n) is 5.93. The summed E-state index contributed by atoms with van der Waals surface area (Å²) in [5.74, 6) is -0.326. The summed E-state index contributed by atoms with van der Waals surface area (Å²) >= 11 is 0. The fraction of sp³-hybridized carbons (Fsp3) is 0.857. The van der Waals surface area contributed by atoms with Crippen LogP contribution in [-0.4, -0.2) is 52.6 Å². The first-order chi connectivity index (χ1) is 8.82. The average Bonchev–Trinajstić information content (AvgIpc) is 2.33. The van der Waals surface area contributed by atoms with Crippen molar-refractivity contribution in [3.8, 4) is 0 Å². The van der Waals surface area contributed by atoms with Crippen molar-refractivity contribution >= 4 is 12.0 Å². The molecule has 0 bridgehead atoms. The lowest BCUT2D eigenvalue weighted by molar-refractivity contribution is -0.138. The van der Waals surface area contributed by atoms with E-state index in [-0.39, 0.29) is 24.7 Å². The molecule has 0 heterocycles. The molecule has 0 radical (unpaired) electrons. The van der Waals surface area contributed by atoms with Gasteiger partial charge < -0.3 is 14.9 Å². The average molecular weight is 270 g/mol. The highest BCUT2D eigenvalue weighted by Crippen LogP contribution is 2.27. The van der Waals surface area contributed by atoms with Crippen LogP contribution in [0.2, 0.25) is 0 Å². The molecule has 0 saturated heterocycles. The largest absolute Gasteiger partial charge is 0.480 e. The summed E-state index contributed by atoms with van der Waals surface area (Å²) in [7, 11) is 1.79. The molecular weight excluding hydrogens is 244 g/mol. The number of carbonyl (C=O) groups is 2. The van der Waals surface area contributed by atoms with Crippen LogP contribution in [0.25, 0.3) is 0 Å². The first-order valence-corrected chi connectivity index (χ1v) is 7.08. The monoisotopic (exact) mass is 270 g/mol. The van der Waals surface area contributed by atoms with E-state index < -0.39 is 5.97 Å². The second-order valence-corrected chi connectivity index (χ2v) is 5.93. The highest BCUT2D eigenvalue weighted by molar-refractivity contribution is 5.80. The van der Waals surface area contributed by atoms with Crippen molar-refractivity contribution in [2.45, 2.75) is 58.5 Å². The summed E-state index contributed by atoms with van der Waals surface area (Å²) in [5.41, 5.74) is 0. The third kappa shape index (κ3) is 4.40. The van der Waals surface area contributed by atoms with Gasteiger partial charge in [0.05, 0.1) is 0 Å². The molecule has 5 heteroatoms. The third-order valence-electron chi connectivity index (χ3n) is 3.93. The van der Waals surface area contributed by atoms with Crippen LogP contribution in [0.3, 0.4) is 0 Å². The highest BCUT2D eigenvalue weighted by Gasteiger charge is 2.30. The van der Waals surface area contributed by atoms with Gasteiger partial charge in [-0.1, -0.05) is 19.8 Å². The van der Waals surface area contributed by atoms with Crippen LogP contribution in [-0.2, 0) is 4.79 Å². The third-order valence-corrected chi connectivity index (χ3v) is 3.93. The van der Waals surface area contributed by atoms with Crippen molar-refractivity contribution in [2.24, 2.45) is 5.92 Å². The van der Waals surface area contributed by atoms with Crippen molar-refractivity contribution in [3.63, 3.8) is 0 Å². The van der Waals surface area contributed by atoms with Crippen LogP contribution < -0.4 is 0 Å². The summed E-state index contributed by atoms with van der Waals surface area (Å²) in [6.07, 6.45) is 4.40. The Morgan fingerprint density at radius 2 is 1.95 bits per heavy atom. The van der Waals surface area contributed by atoms with Gasteiger partial charge in [0.2, 0.25) is 0 Å². The van der Waals surface area contributed by atoms with Crippen LogP contribution in [0.15, 0.2) is 0 Å². The second kappa shape index (κ2) is 6.78. The van der Waals surface area contributed by atoms with Gasteiger partial charge >= 0.3 is 12.0 Å². The van der Waals surface area contributed by atoms with E-state index in [0.29, 0.717) is 5.92 Å². The van der Waals surface area contributed by atoms with Gasteiger partial charge in [-0.3, -0.25) is 4.79 Å². The van der Waals surface area contributed by atoms with E-state index in [2.05, 4.69) is 6.92 Å². The molecule has 1 aliphatic rings. The Morgan fingerprint density at radius 3 is 2.42 bits per heavy atom. The highest BCUT2D eigenvalue weighted by atomic mass is 16.4. The zero-order chi connectivity index (χ0) is 14.6. The number of carboxylic acids is 1. The SMILES string of the molecule is CC1CCCC(N(C)C(=O)N(CC(=O)O)C(C)C)C1. The van der Waals surface area contributed by atoms with Crippen LogP contribution >= 0.6 is 0 Å². The molecule has 2 atom stereocenters. The minimum atomic E-state index is -0.965. The molecule has 2 unspecified atom stereocenters. The van der Waals surface area contributed by atoms with Crippen LogP contribution in [0.1, 0.15) is 46.5 Å². The number of hydrogen-bond acceptors (Lipinski definition) is 2. The minimum absolute atomic E-state index is 0.105. The van der Waals surface area contributed by atoms with Crippen LogP contribution in [0.5, 0.6) is 0 Å². The van der Waals surface area contributed by atoms with Crippen molar-refractivity contribution in [3.05, 3.63) is 0 Å². The van der Waals surface area contributed by atoms with Crippen molar-refractivity contribution in [1.82, 2.24) is 9.80 Å². The molecule has 110 valence electrons. The summed E-state index contributed by atoms with van der Waals surface area (Å²) in [6, 6.07) is -0.0325. The molecule has 1 rings (SSSR count). The Bertz CT molecular complexity index is 331. The number of hydrogen-bond donors (Lipinski definition) is 1. The van der Waals surface area contributed by atoms with E-state index in [0.717, 1.165) is 19.3 Å². The number of nitrogens with zero attached hydrogens (tertiary/aromatic N) is 2. The molecule has 0 aromatic heterocycles. The molecule has 0 aliphatic heterocycles. The summed E-state index contributed by atoms with van der Waals surface area (Å²) < 4.78 is 0. The maximum Gasteiger partial charge on any atom is 0.323 e. The zero-order valence-electron chi connectivity index (χ0n) is 12.4. The van der Waals surface area contributed by atoms with Gasteiger partial charge in [-0.2, -0.15) is 0 Å². The topological polar surface area (TPSA) is 60.9 Å². The smallest absolute Gasteiger partial charge is 0.323 e. The van der Waals surface area contributed by atoms with Gasteiger partial charge in [-0.05, 0) is 32.6 Å². The number of carboxylic acid groups (broad SMARTS) is 1. The van der Waals surface area contributed by atoms with Crippen molar-refractivity contribution in [1.29, 1.82) is 0 Å². The molecule has 5 nitrogen and oxygen atoms in total. The fourth-order valence-corrected chi connectivity index (χ4v) is 2.73. The van der Waals surface area contributed by atoms with E-state index >= 15 is 0 Å². The van der Waals surface area contributed by atoms with Crippen LogP contribution in [0.4, 0.5) is 4.79 Å². The van der Waals surface area contributed by atoms with E-state index in [1.54, 1.807) is 11.9 Å². The van der Waals surface area contributed by atoms with Gasteiger partial charge in [0.25, 0.3) is 0 Å². The predicted octanol–water partition coefficient (Wildman–Crippen LogP) is 2.41. The summed E-state index contributed by atoms with van der Waals surface area (Å²) in [4.78, 5) is 26.4. The molecule has 0 aromatic rings. The van der Waals surface area contributed by atoms with Gasteiger partial charge in [0, 0.05) is 19.1 Å². The predicted molar refractivity (Wildman–Crippen MR) is 74.1 cm³/mol. The molecule has 19 heavy (non-hydrogen) atoms. The molecule has 1 fully saturated rings. The normalized spacial score (nSPS) is 23.2. The van der Waals surface area contributed by atoms with E-state index in [1.807, 2.05) is 13.8 Å². The number of amides is 2. The Kier molecular flexibility index (Phi) is 5.63.